The molecule has 2 heteroatoms. The average molecular weight is 1080 g/mol. The van der Waals surface area contributed by atoms with E-state index in [4.69, 9.17) is 0 Å². The largest absolute Gasteiger partial charge is 0.310 e. The maximum Gasteiger partial charge on any atom is 0.0737 e. The van der Waals surface area contributed by atoms with Crippen molar-refractivity contribution in [2.75, 3.05) is 9.80 Å². The van der Waals surface area contributed by atoms with Gasteiger partial charge in [-0.1, -0.05) is 211 Å². The second-order valence-electron chi connectivity index (χ2n) is 26.0. The molecule has 2 nitrogen and oxygen atoms in total. The normalized spacial score (nSPS) is 18.0. The van der Waals surface area contributed by atoms with Crippen LogP contribution in [0.5, 0.6) is 0 Å². The molecule has 0 amide bonds. The van der Waals surface area contributed by atoms with Crippen molar-refractivity contribution in [2.45, 2.75) is 158 Å². The molecule has 10 aromatic carbocycles. The zero-order valence-electron chi connectivity index (χ0n) is 48.5. The van der Waals surface area contributed by atoms with Crippen molar-refractivity contribution in [1.82, 2.24) is 0 Å². The summed E-state index contributed by atoms with van der Waals surface area (Å²) >= 11 is 0. The molecule has 6 aliphatic rings. The van der Waals surface area contributed by atoms with Gasteiger partial charge in [-0.05, 0) is 236 Å². The summed E-state index contributed by atoms with van der Waals surface area (Å²) in [4.78, 5) is 5.05. The van der Waals surface area contributed by atoms with Gasteiger partial charge in [0.2, 0.25) is 0 Å². The summed E-state index contributed by atoms with van der Waals surface area (Å²) < 4.78 is 0. The highest BCUT2D eigenvalue weighted by Gasteiger charge is 2.53. The Labute approximate surface area is 493 Å². The van der Waals surface area contributed by atoms with E-state index >= 15 is 0 Å². The van der Waals surface area contributed by atoms with Crippen molar-refractivity contribution >= 4 is 55.7 Å². The van der Waals surface area contributed by atoms with Crippen LogP contribution in [0.15, 0.2) is 206 Å². The van der Waals surface area contributed by atoms with Gasteiger partial charge < -0.3 is 9.80 Å². The minimum atomic E-state index is -0.535. The standard InChI is InChI=1S/C81H78N2/c1-5-17-55(18-6-1)59-29-39-65(40-30-59)82(66-41-31-60(32-42-66)56-19-7-2-8-20-56)69-47-51-71-63(53-69)37-49-75-76-50-38-64-54-70(48-52-72(64)80(76)81(79(71)75)77-27-15-13-25-73(77)74-26-14-16-28-78(74)81)83(67-43-33-61(34-44-67)57-21-9-3-10-22-57)68-45-35-62(36-46-68)58-23-11-4-12-24-58/h13-16,25-58H,1-12,17-24H2. The van der Waals surface area contributed by atoms with Crippen LogP contribution >= 0.6 is 0 Å². The van der Waals surface area contributed by atoms with Crippen molar-refractivity contribution in [3.63, 3.8) is 0 Å². The van der Waals surface area contributed by atoms with Gasteiger partial charge in [0, 0.05) is 34.1 Å². The molecule has 0 aliphatic heterocycles. The zero-order chi connectivity index (χ0) is 54.8. The van der Waals surface area contributed by atoms with Gasteiger partial charge in [0.25, 0.3) is 0 Å². The highest BCUT2D eigenvalue weighted by molar-refractivity contribution is 6.10. The van der Waals surface area contributed by atoms with E-state index in [1.807, 2.05) is 0 Å². The first-order valence-electron chi connectivity index (χ1n) is 32.5. The Morgan fingerprint density at radius 3 is 0.855 bits per heavy atom. The molecule has 412 valence electrons. The lowest BCUT2D eigenvalue weighted by atomic mass is 9.68. The molecular formula is C81H78N2. The summed E-state index contributed by atoms with van der Waals surface area (Å²) in [5.74, 6) is 2.67. The summed E-state index contributed by atoms with van der Waals surface area (Å²) in [6, 6.07) is 82.0. The second kappa shape index (κ2) is 21.5. The van der Waals surface area contributed by atoms with Crippen molar-refractivity contribution in [3.8, 4) is 22.3 Å². The van der Waals surface area contributed by atoms with Gasteiger partial charge in [0.05, 0.1) is 5.41 Å². The topological polar surface area (TPSA) is 6.48 Å². The first-order valence-corrected chi connectivity index (χ1v) is 32.5. The van der Waals surface area contributed by atoms with Gasteiger partial charge in [0.15, 0.2) is 0 Å². The van der Waals surface area contributed by atoms with Gasteiger partial charge >= 0.3 is 0 Å². The van der Waals surface area contributed by atoms with Gasteiger partial charge in [-0.25, -0.2) is 0 Å². The lowest BCUT2D eigenvalue weighted by Gasteiger charge is -2.33. The molecular weight excluding hydrogens is 1000 g/mol. The second-order valence-corrected chi connectivity index (χ2v) is 26.0. The quantitative estimate of drug-likeness (QED) is 0.135. The minimum absolute atomic E-state index is 0.535. The molecule has 0 heterocycles. The first kappa shape index (κ1) is 51.0. The van der Waals surface area contributed by atoms with E-state index in [1.54, 1.807) is 0 Å². The molecule has 0 radical (unpaired) electrons. The molecule has 83 heavy (non-hydrogen) atoms. The number of nitrogens with zero attached hydrogens (tertiary/aromatic N) is 2. The number of hydrogen-bond donors (Lipinski definition) is 0. The van der Waals surface area contributed by atoms with E-state index in [2.05, 4.69) is 216 Å². The van der Waals surface area contributed by atoms with E-state index < -0.39 is 5.41 Å². The highest BCUT2D eigenvalue weighted by atomic mass is 15.1. The Hall–Kier alpha value is -7.68. The predicted molar refractivity (Wildman–Crippen MR) is 350 cm³/mol. The van der Waals surface area contributed by atoms with Gasteiger partial charge in [-0.15, -0.1) is 0 Å². The third-order valence-electron chi connectivity index (χ3n) is 21.4. The Balaban J connectivity index is 0.842. The number of hydrogen-bond acceptors (Lipinski definition) is 2. The van der Waals surface area contributed by atoms with Gasteiger partial charge in [0.1, 0.15) is 0 Å². The fourth-order valence-corrected chi connectivity index (χ4v) is 17.3. The summed E-state index contributed by atoms with van der Waals surface area (Å²) in [5.41, 5.74) is 23.6. The van der Waals surface area contributed by atoms with Crippen molar-refractivity contribution in [3.05, 3.63) is 251 Å². The average Bonchev–Trinajstić information content (AvgIpc) is 1.60. The van der Waals surface area contributed by atoms with Crippen LogP contribution < -0.4 is 9.80 Å². The molecule has 4 saturated carbocycles. The number of anilines is 6. The van der Waals surface area contributed by atoms with Crippen molar-refractivity contribution < 1.29 is 0 Å². The number of fused-ring (bicyclic) bond motifs is 14. The predicted octanol–water partition coefficient (Wildman–Crippen LogP) is 23.5. The molecule has 6 aliphatic carbocycles. The molecule has 0 atom stereocenters. The van der Waals surface area contributed by atoms with E-state index in [-0.39, 0.29) is 0 Å². The van der Waals surface area contributed by atoms with E-state index in [0.717, 1.165) is 0 Å². The Kier molecular flexibility index (Phi) is 13.2. The number of benzene rings is 10. The van der Waals surface area contributed by atoms with Gasteiger partial charge in [-0.3, -0.25) is 0 Å². The molecule has 0 aromatic heterocycles. The maximum atomic E-state index is 2.53. The lowest BCUT2D eigenvalue weighted by Crippen LogP contribution is -2.26. The van der Waals surface area contributed by atoms with Crippen LogP contribution in [0.4, 0.5) is 34.1 Å². The SMILES string of the molecule is c1ccc2c(c1)-c1ccccc1C21c2c(ccc3cc(N(c4ccc(C5CCCCC5)cc4)c4ccc(C5CCCCC5)cc4)ccc23)-c2ccc3cc(N(c4ccc(C5CCCCC5)cc4)c4ccc(C5CCCCC5)cc4)ccc3c21. The van der Waals surface area contributed by atoms with Crippen LogP contribution in [0.3, 0.4) is 0 Å². The molecule has 1 spiro atoms. The van der Waals surface area contributed by atoms with Crippen LogP contribution in [-0.2, 0) is 5.41 Å². The molecule has 0 saturated heterocycles. The molecule has 0 unspecified atom stereocenters. The van der Waals surface area contributed by atoms with Crippen LogP contribution in [0, 0.1) is 0 Å². The summed E-state index contributed by atoms with van der Waals surface area (Å²) in [6.07, 6.45) is 26.7. The van der Waals surface area contributed by atoms with E-state index in [0.29, 0.717) is 23.7 Å². The molecule has 0 N–H and O–H groups in total. The molecule has 4 fully saturated rings. The van der Waals surface area contributed by atoms with Crippen LogP contribution in [-0.4, -0.2) is 0 Å². The van der Waals surface area contributed by atoms with Crippen molar-refractivity contribution in [1.29, 1.82) is 0 Å². The maximum absolute atomic E-state index is 2.53. The first-order chi connectivity index (χ1) is 41.2. The smallest absolute Gasteiger partial charge is 0.0737 e. The summed E-state index contributed by atoms with van der Waals surface area (Å²) in [5, 5.41) is 5.17. The third-order valence-corrected chi connectivity index (χ3v) is 21.4. The number of rotatable bonds is 10. The Bertz CT molecular complexity index is 3610. The lowest BCUT2D eigenvalue weighted by molar-refractivity contribution is 0.443. The fourth-order valence-electron chi connectivity index (χ4n) is 17.3. The monoisotopic (exact) mass is 1080 g/mol. The minimum Gasteiger partial charge on any atom is -0.310 e. The third kappa shape index (κ3) is 8.79. The molecule has 0 bridgehead atoms. The molecule has 16 rings (SSSR count). The Morgan fingerprint density at radius 1 is 0.253 bits per heavy atom. The van der Waals surface area contributed by atoms with Crippen LogP contribution in [0.2, 0.25) is 0 Å². The zero-order valence-corrected chi connectivity index (χ0v) is 48.5. The molecule has 10 aromatic rings. The Morgan fingerprint density at radius 2 is 0.542 bits per heavy atom. The fraction of sp³-hybridized carbons (Fsp3) is 0.309. The van der Waals surface area contributed by atoms with Crippen molar-refractivity contribution in [2.24, 2.45) is 0 Å². The van der Waals surface area contributed by atoms with E-state index in [1.165, 1.54) is 251 Å². The summed E-state index contributed by atoms with van der Waals surface area (Å²) in [7, 11) is 0. The van der Waals surface area contributed by atoms with Crippen LogP contribution in [0.1, 0.15) is 197 Å². The van der Waals surface area contributed by atoms with Gasteiger partial charge in [-0.2, -0.15) is 0 Å². The van der Waals surface area contributed by atoms with E-state index in [9.17, 15) is 0 Å². The summed E-state index contributed by atoms with van der Waals surface area (Å²) in [6.45, 7) is 0. The highest BCUT2D eigenvalue weighted by Crippen LogP contribution is 2.66. The van der Waals surface area contributed by atoms with Crippen LogP contribution in [0.25, 0.3) is 43.8 Å².